The van der Waals surface area contributed by atoms with Gasteiger partial charge in [-0.25, -0.2) is 17.8 Å². The van der Waals surface area contributed by atoms with E-state index in [0.717, 1.165) is 44.9 Å². The molecule has 2 aromatic carbocycles. The van der Waals surface area contributed by atoms with E-state index in [1.807, 2.05) is 18.2 Å². The molecular weight excluding hydrogens is 596 g/mol. The molecule has 3 heterocycles. The van der Waals surface area contributed by atoms with Gasteiger partial charge < -0.3 is 14.5 Å². The maximum atomic E-state index is 14.3. The van der Waals surface area contributed by atoms with Gasteiger partial charge in [-0.15, -0.1) is 5.10 Å². The number of carbonyl (C=O) groups excluding carboxylic acids is 2. The van der Waals surface area contributed by atoms with E-state index >= 15 is 0 Å². The van der Waals surface area contributed by atoms with Gasteiger partial charge in [0.2, 0.25) is 15.9 Å². The van der Waals surface area contributed by atoms with Crippen LogP contribution in [0.3, 0.4) is 0 Å². The molecule has 0 bridgehead atoms. The number of hydrogen-bond acceptors (Lipinski definition) is 8. The number of benzene rings is 2. The molecule has 2 fully saturated rings. The van der Waals surface area contributed by atoms with Crippen molar-refractivity contribution in [3.8, 4) is 0 Å². The van der Waals surface area contributed by atoms with Crippen LogP contribution in [0.15, 0.2) is 70.0 Å². The molecule has 2 atom stereocenters. The van der Waals surface area contributed by atoms with Crippen molar-refractivity contribution in [2.75, 3.05) is 18.1 Å². The second-order valence-electron chi connectivity index (χ2n) is 11.7. The number of furan rings is 1. The summed E-state index contributed by atoms with van der Waals surface area (Å²) in [6.45, 7) is 2.37. The molecule has 6 rings (SSSR count). The van der Waals surface area contributed by atoms with Gasteiger partial charge >= 0.3 is 0 Å². The average molecular weight is 635 g/mol. The zero-order chi connectivity index (χ0) is 31.4. The molecule has 4 aromatic rings. The Morgan fingerprint density at radius 1 is 1.00 bits per heavy atom. The fourth-order valence-electron chi connectivity index (χ4n) is 6.05. The summed E-state index contributed by atoms with van der Waals surface area (Å²) in [5.41, 5.74) is 1.64. The van der Waals surface area contributed by atoms with Gasteiger partial charge in [0.25, 0.3) is 5.91 Å². The maximum Gasteiger partial charge on any atom is 0.251 e. The molecule has 1 saturated carbocycles. The van der Waals surface area contributed by atoms with E-state index in [0.29, 0.717) is 34.8 Å². The summed E-state index contributed by atoms with van der Waals surface area (Å²) >= 11 is 0. The highest BCUT2D eigenvalue weighted by atomic mass is 32.2. The van der Waals surface area contributed by atoms with Crippen LogP contribution in [0, 0.1) is 6.92 Å². The number of para-hydroxylation sites is 1. The van der Waals surface area contributed by atoms with Crippen LogP contribution in [0.4, 0.5) is 5.69 Å². The third-order valence-corrected chi connectivity index (χ3v) is 9.85. The Morgan fingerprint density at radius 3 is 2.49 bits per heavy atom. The van der Waals surface area contributed by atoms with Crippen molar-refractivity contribution < 1.29 is 27.2 Å². The lowest BCUT2D eigenvalue weighted by molar-refractivity contribution is -0.128. The smallest absolute Gasteiger partial charge is 0.251 e. The normalized spacial score (nSPS) is 18.2. The van der Waals surface area contributed by atoms with Crippen molar-refractivity contribution in [1.29, 1.82) is 0 Å². The Bertz CT molecular complexity index is 1740. The highest BCUT2D eigenvalue weighted by Gasteiger charge is 2.37. The number of aromatic nitrogens is 3. The number of aryl methyl sites for hydroxylation is 1. The first-order valence-electron chi connectivity index (χ1n) is 15.5. The number of anilines is 1. The lowest BCUT2D eigenvalue weighted by atomic mass is 9.95. The van der Waals surface area contributed by atoms with E-state index in [1.54, 1.807) is 25.1 Å². The Balaban J connectivity index is 1.34. The SMILES string of the molecule is Cc1ccc([C@H](C(=O)NC2CCCCC2)N(C(=O)Cn2nnc3ccccc32)c2ccc(S(=O)(=O)NC[C@@H]3CCCO3)cc2)o1. The highest BCUT2D eigenvalue weighted by Crippen LogP contribution is 2.32. The van der Waals surface area contributed by atoms with Crippen molar-refractivity contribution in [1.82, 2.24) is 25.0 Å². The van der Waals surface area contributed by atoms with Gasteiger partial charge in [-0.1, -0.05) is 36.6 Å². The number of carbonyl (C=O) groups is 2. The molecule has 2 aromatic heterocycles. The number of amides is 2. The summed E-state index contributed by atoms with van der Waals surface area (Å²) in [5, 5.41) is 11.5. The predicted octanol–water partition coefficient (Wildman–Crippen LogP) is 4.01. The summed E-state index contributed by atoms with van der Waals surface area (Å²) < 4.78 is 41.8. The zero-order valence-electron chi connectivity index (χ0n) is 25.2. The Kier molecular flexibility index (Phi) is 9.29. The fourth-order valence-corrected chi connectivity index (χ4v) is 7.12. The van der Waals surface area contributed by atoms with E-state index in [9.17, 15) is 18.0 Å². The Hall–Kier alpha value is -4.07. The van der Waals surface area contributed by atoms with Gasteiger partial charge in [-0.05, 0) is 81.1 Å². The molecule has 45 heavy (non-hydrogen) atoms. The van der Waals surface area contributed by atoms with Crippen LogP contribution in [-0.2, 0) is 30.9 Å². The Labute approximate surface area is 262 Å². The first-order chi connectivity index (χ1) is 21.8. The summed E-state index contributed by atoms with van der Waals surface area (Å²) in [6.07, 6.45) is 6.44. The lowest BCUT2D eigenvalue weighted by Crippen LogP contribution is -2.48. The first kappa shape index (κ1) is 30.9. The molecule has 2 amide bonds. The van der Waals surface area contributed by atoms with Crippen molar-refractivity contribution in [2.24, 2.45) is 0 Å². The van der Waals surface area contributed by atoms with Crippen LogP contribution < -0.4 is 14.9 Å². The van der Waals surface area contributed by atoms with Gasteiger partial charge in [-0.2, -0.15) is 0 Å². The monoisotopic (exact) mass is 634 g/mol. The van der Waals surface area contributed by atoms with Crippen molar-refractivity contribution >= 4 is 38.6 Å². The molecule has 0 spiro atoms. The first-order valence-corrected chi connectivity index (χ1v) is 16.9. The summed E-state index contributed by atoms with van der Waals surface area (Å²) in [4.78, 5) is 29.8. The molecule has 1 aliphatic carbocycles. The van der Waals surface area contributed by atoms with Gasteiger partial charge in [0.05, 0.1) is 16.5 Å². The average Bonchev–Trinajstić information content (AvgIpc) is 3.81. The van der Waals surface area contributed by atoms with Gasteiger partial charge in [0.1, 0.15) is 23.6 Å². The number of fused-ring (bicyclic) bond motifs is 1. The van der Waals surface area contributed by atoms with Crippen LogP contribution in [-0.4, -0.2) is 60.5 Å². The number of rotatable bonds is 11. The number of nitrogens with one attached hydrogen (secondary N) is 2. The number of sulfonamides is 1. The lowest BCUT2D eigenvalue weighted by Gasteiger charge is -2.32. The molecule has 0 radical (unpaired) electrons. The van der Waals surface area contributed by atoms with Crippen LogP contribution in [0.5, 0.6) is 0 Å². The number of ether oxygens (including phenoxy) is 1. The summed E-state index contributed by atoms with van der Waals surface area (Å²) in [6, 6.07) is 15.5. The Morgan fingerprint density at radius 2 is 1.78 bits per heavy atom. The minimum atomic E-state index is -3.83. The molecule has 1 aliphatic heterocycles. The van der Waals surface area contributed by atoms with Crippen molar-refractivity contribution in [2.45, 2.75) is 81.5 Å². The van der Waals surface area contributed by atoms with E-state index < -0.39 is 22.0 Å². The highest BCUT2D eigenvalue weighted by molar-refractivity contribution is 7.89. The molecule has 12 nitrogen and oxygen atoms in total. The standard InChI is InChI=1S/C32H38N6O6S/c1-22-13-18-29(44-22)31(32(40)34-23-8-3-2-4-9-23)38(30(39)21-37-28-12-6-5-11-27(28)35-36-37)24-14-16-26(17-15-24)45(41,42)33-20-25-10-7-19-43-25/h5-6,11-18,23,25,31,33H,2-4,7-10,19-21H2,1H3,(H,34,40)/t25-,31+/m0/s1. The minimum Gasteiger partial charge on any atom is -0.464 e. The second kappa shape index (κ2) is 13.5. The van der Waals surface area contributed by atoms with Crippen LogP contribution in [0.1, 0.15) is 62.5 Å². The van der Waals surface area contributed by atoms with E-state index in [-0.39, 0.29) is 36.0 Å². The molecule has 2 aliphatic rings. The fraction of sp³-hybridized carbons (Fsp3) is 0.438. The van der Waals surface area contributed by atoms with Gasteiger partial charge in [0.15, 0.2) is 6.04 Å². The van der Waals surface area contributed by atoms with E-state index in [1.165, 1.54) is 33.8 Å². The third-order valence-electron chi connectivity index (χ3n) is 8.41. The predicted molar refractivity (Wildman–Crippen MR) is 167 cm³/mol. The number of nitrogens with zero attached hydrogens (tertiary/aromatic N) is 4. The van der Waals surface area contributed by atoms with Crippen LogP contribution in [0.25, 0.3) is 11.0 Å². The van der Waals surface area contributed by atoms with E-state index in [2.05, 4.69) is 20.4 Å². The molecule has 0 unspecified atom stereocenters. The van der Waals surface area contributed by atoms with Crippen LogP contribution >= 0.6 is 0 Å². The summed E-state index contributed by atoms with van der Waals surface area (Å²) in [7, 11) is -3.83. The zero-order valence-corrected chi connectivity index (χ0v) is 26.0. The molecule has 1 saturated heterocycles. The second-order valence-corrected chi connectivity index (χ2v) is 13.4. The maximum absolute atomic E-state index is 14.3. The van der Waals surface area contributed by atoms with Gasteiger partial charge in [0, 0.05) is 24.9 Å². The third kappa shape index (κ3) is 7.10. The topological polar surface area (TPSA) is 149 Å². The minimum absolute atomic E-state index is 0.0107. The van der Waals surface area contributed by atoms with Crippen molar-refractivity contribution in [3.05, 3.63) is 72.2 Å². The number of hydrogen-bond donors (Lipinski definition) is 2. The quantitative estimate of drug-likeness (QED) is 0.251. The molecule has 13 heteroatoms. The summed E-state index contributed by atoms with van der Waals surface area (Å²) in [5.74, 6) is 0.0695. The van der Waals surface area contributed by atoms with E-state index in [4.69, 9.17) is 9.15 Å². The van der Waals surface area contributed by atoms with Crippen molar-refractivity contribution in [3.63, 3.8) is 0 Å². The molecular formula is C32H38N6O6S. The molecule has 2 N–H and O–H groups in total. The molecule has 238 valence electrons. The van der Waals surface area contributed by atoms with Crippen LogP contribution in [0.2, 0.25) is 0 Å². The van der Waals surface area contributed by atoms with Gasteiger partial charge in [-0.3, -0.25) is 14.5 Å². The largest absolute Gasteiger partial charge is 0.464 e.